The first kappa shape index (κ1) is 38.0. The van der Waals surface area contributed by atoms with Gasteiger partial charge in [0, 0.05) is 51.2 Å². The van der Waals surface area contributed by atoms with Crippen LogP contribution in [-0.4, -0.2) is 113 Å². The summed E-state index contributed by atoms with van der Waals surface area (Å²) < 4.78 is 56.0. The number of nitrogens with one attached hydrogen (secondary N) is 2. The third-order valence-corrected chi connectivity index (χ3v) is 9.30. The Morgan fingerprint density at radius 1 is 0.875 bits per heavy atom. The molecule has 0 amide bonds. The number of hydrogen-bond acceptors (Lipinski definition) is 13. The fraction of sp³-hybridized carbons (Fsp3) is 0.724. The molecule has 48 heavy (non-hydrogen) atoms. The van der Waals surface area contributed by atoms with E-state index >= 15 is 0 Å². The lowest BCUT2D eigenvalue weighted by atomic mass is 9.94. The first-order valence-corrected chi connectivity index (χ1v) is 17.1. The molecule has 2 saturated heterocycles. The number of phosphoric ester groups is 1. The molecule has 2 fully saturated rings. The molecule has 19 heteroatoms. The van der Waals surface area contributed by atoms with E-state index in [2.05, 4.69) is 9.97 Å². The van der Waals surface area contributed by atoms with Crippen molar-refractivity contribution in [1.82, 2.24) is 24.0 Å². The molecule has 0 saturated carbocycles. The van der Waals surface area contributed by atoms with Crippen LogP contribution in [-0.2, 0) is 37.3 Å². The second-order valence-electron chi connectivity index (χ2n) is 12.4. The molecule has 4 heterocycles. The van der Waals surface area contributed by atoms with E-state index in [4.69, 9.17) is 32.7 Å². The normalized spacial score (nSPS) is 28.9. The van der Waals surface area contributed by atoms with Crippen LogP contribution in [0.4, 0.5) is 0 Å². The maximum Gasteiger partial charge on any atom is 0.472 e. The van der Waals surface area contributed by atoms with Crippen molar-refractivity contribution < 1.29 is 42.2 Å². The molecule has 0 bridgehead atoms. The van der Waals surface area contributed by atoms with Crippen LogP contribution in [0.3, 0.4) is 0 Å². The van der Waals surface area contributed by atoms with Gasteiger partial charge in [-0.05, 0) is 47.7 Å². The Morgan fingerprint density at radius 2 is 1.42 bits per heavy atom. The second kappa shape index (κ2) is 16.3. The molecule has 2 aromatic rings. The Hall–Kier alpha value is -2.77. The molecule has 3 N–H and O–H groups in total. The summed E-state index contributed by atoms with van der Waals surface area (Å²) in [6.45, 7) is 7.78. The number of ether oxygens (including phenoxy) is 5. The Labute approximate surface area is 276 Å². The molecular formula is C29H46N5O13P. The highest BCUT2D eigenvalue weighted by molar-refractivity contribution is 7.47. The average Bonchev–Trinajstić information content (AvgIpc) is 3.50. The molecule has 18 nitrogen and oxygen atoms in total. The molecule has 4 rings (SSSR count). The molecular weight excluding hydrogens is 657 g/mol. The maximum absolute atomic E-state index is 12.9. The maximum atomic E-state index is 12.9. The van der Waals surface area contributed by atoms with E-state index in [9.17, 15) is 28.6 Å². The lowest BCUT2D eigenvalue weighted by Gasteiger charge is -2.29. The standard InChI is InChI=1S/C29H46N5O13P/c1-16(2)43-15-20-18(23(41-6)26(45-20)33-12-9-21(35)30-28(33)37)8-11-32(5)14-19-24(47-48(39,40)46-17(3)4)25(42-7)27(44-19)34-13-10-22(36)31-29(34)38/h9-10,12-13,16-20,23-27H,8,11,14-15H2,1-7H3,(H,39,40)(H,30,35,37)(H,31,36,38)/t18-,19-,20-,23-,24-,25-,26-,27-/m1/s1. The Morgan fingerprint density at radius 3 is 1.92 bits per heavy atom. The van der Waals surface area contributed by atoms with Crippen LogP contribution in [0.5, 0.6) is 0 Å². The van der Waals surface area contributed by atoms with Crippen molar-refractivity contribution in [1.29, 1.82) is 0 Å². The number of rotatable bonds is 16. The third kappa shape index (κ3) is 9.26. The molecule has 0 radical (unpaired) electrons. The second-order valence-corrected chi connectivity index (χ2v) is 13.7. The van der Waals surface area contributed by atoms with E-state index < -0.39 is 79.4 Å². The number of aromatic amines is 2. The lowest BCUT2D eigenvalue weighted by Crippen LogP contribution is -2.42. The first-order valence-electron chi connectivity index (χ1n) is 15.6. The number of H-pyrrole nitrogens is 2. The van der Waals surface area contributed by atoms with E-state index in [1.165, 1.54) is 37.2 Å². The highest BCUT2D eigenvalue weighted by Crippen LogP contribution is 2.49. The number of aromatic nitrogens is 4. The van der Waals surface area contributed by atoms with Crippen LogP contribution in [0.15, 0.2) is 43.7 Å². The zero-order valence-corrected chi connectivity index (χ0v) is 28.9. The van der Waals surface area contributed by atoms with Gasteiger partial charge < -0.3 is 33.5 Å². The minimum absolute atomic E-state index is 0.0805. The van der Waals surface area contributed by atoms with Gasteiger partial charge in [-0.3, -0.25) is 37.7 Å². The SMILES string of the molecule is CO[C@@H]1[C@H](CCN(C)C[C@H]2O[C@@H](n3ccc(=O)[nH]c3=O)[C@H](OC)[C@@H]2OP(=O)(O)OC(C)C)[C@@H](COC(C)C)O[C@H]1n1ccc(=O)[nH]c1=O. The molecule has 0 spiro atoms. The van der Waals surface area contributed by atoms with E-state index in [0.717, 1.165) is 10.6 Å². The molecule has 0 aromatic carbocycles. The summed E-state index contributed by atoms with van der Waals surface area (Å²) in [5.41, 5.74) is -2.53. The van der Waals surface area contributed by atoms with Crippen LogP contribution < -0.4 is 22.5 Å². The molecule has 2 aromatic heterocycles. The van der Waals surface area contributed by atoms with Crippen molar-refractivity contribution in [3.05, 3.63) is 66.2 Å². The number of methoxy groups -OCH3 is 2. The van der Waals surface area contributed by atoms with Crippen molar-refractivity contribution >= 4 is 7.82 Å². The minimum Gasteiger partial charge on any atom is -0.376 e. The van der Waals surface area contributed by atoms with E-state index in [0.29, 0.717) is 13.0 Å². The van der Waals surface area contributed by atoms with Gasteiger partial charge in [0.25, 0.3) is 11.1 Å². The van der Waals surface area contributed by atoms with E-state index in [1.54, 1.807) is 13.8 Å². The topological polar surface area (TPSA) is 215 Å². The zero-order chi connectivity index (χ0) is 35.3. The fourth-order valence-electron chi connectivity index (χ4n) is 6.02. The van der Waals surface area contributed by atoms with Crippen LogP contribution in [0, 0.1) is 5.92 Å². The van der Waals surface area contributed by atoms with Gasteiger partial charge in [0.1, 0.15) is 24.4 Å². The van der Waals surface area contributed by atoms with Gasteiger partial charge in [0.2, 0.25) is 0 Å². The van der Waals surface area contributed by atoms with Gasteiger partial charge in [0.15, 0.2) is 12.5 Å². The zero-order valence-electron chi connectivity index (χ0n) is 28.0. The Balaban J connectivity index is 1.55. The van der Waals surface area contributed by atoms with Crippen molar-refractivity contribution in [3.63, 3.8) is 0 Å². The largest absolute Gasteiger partial charge is 0.472 e. The van der Waals surface area contributed by atoms with Crippen molar-refractivity contribution in [3.8, 4) is 0 Å². The summed E-state index contributed by atoms with van der Waals surface area (Å²) in [6.07, 6.45) is -3.69. The van der Waals surface area contributed by atoms with Crippen molar-refractivity contribution in [2.75, 3.05) is 41.0 Å². The van der Waals surface area contributed by atoms with Gasteiger partial charge in [-0.1, -0.05) is 0 Å². The van der Waals surface area contributed by atoms with Gasteiger partial charge in [-0.15, -0.1) is 0 Å². The van der Waals surface area contributed by atoms with Crippen molar-refractivity contribution in [2.24, 2.45) is 5.92 Å². The first-order chi connectivity index (χ1) is 22.6. The van der Waals surface area contributed by atoms with Crippen molar-refractivity contribution in [2.45, 2.75) is 89.3 Å². The van der Waals surface area contributed by atoms with Crippen LogP contribution in [0.1, 0.15) is 46.6 Å². The quantitative estimate of drug-likeness (QED) is 0.199. The van der Waals surface area contributed by atoms with Crippen LogP contribution in [0.2, 0.25) is 0 Å². The summed E-state index contributed by atoms with van der Waals surface area (Å²) in [5.74, 6) is -0.257. The number of likely N-dealkylation sites (N-methyl/N-ethyl adjacent to an activating group) is 1. The Bertz CT molecular complexity index is 1640. The molecule has 0 aliphatic carbocycles. The van der Waals surface area contributed by atoms with Crippen LogP contribution >= 0.6 is 7.82 Å². The molecule has 2 aliphatic rings. The lowest BCUT2D eigenvalue weighted by molar-refractivity contribution is -0.0784. The summed E-state index contributed by atoms with van der Waals surface area (Å²) in [6, 6.07) is 2.38. The average molecular weight is 704 g/mol. The van der Waals surface area contributed by atoms with Gasteiger partial charge in [-0.25, -0.2) is 14.2 Å². The number of hydrogen-bond donors (Lipinski definition) is 3. The fourth-order valence-corrected chi connectivity index (χ4v) is 7.17. The number of phosphoric acid groups is 1. The molecule has 270 valence electrons. The highest BCUT2D eigenvalue weighted by Gasteiger charge is 2.51. The summed E-state index contributed by atoms with van der Waals surface area (Å²) in [4.78, 5) is 65.6. The Kier molecular flexibility index (Phi) is 12.9. The summed E-state index contributed by atoms with van der Waals surface area (Å²) >= 11 is 0. The number of nitrogens with zero attached hydrogens (tertiary/aromatic N) is 3. The van der Waals surface area contributed by atoms with Gasteiger partial charge in [0.05, 0.1) is 24.9 Å². The van der Waals surface area contributed by atoms with Crippen LogP contribution in [0.25, 0.3) is 0 Å². The smallest absolute Gasteiger partial charge is 0.376 e. The molecule has 1 unspecified atom stereocenters. The van der Waals surface area contributed by atoms with E-state index in [1.807, 2.05) is 25.8 Å². The third-order valence-electron chi connectivity index (χ3n) is 8.10. The van der Waals surface area contributed by atoms with Gasteiger partial charge in [-0.2, -0.15) is 0 Å². The predicted molar refractivity (Wildman–Crippen MR) is 170 cm³/mol. The summed E-state index contributed by atoms with van der Waals surface area (Å²) in [5, 5.41) is 0. The minimum atomic E-state index is -4.60. The molecule has 9 atom stereocenters. The predicted octanol–water partition coefficient (Wildman–Crippen LogP) is 0.185. The monoisotopic (exact) mass is 703 g/mol. The highest BCUT2D eigenvalue weighted by atomic mass is 31.2. The van der Waals surface area contributed by atoms with Gasteiger partial charge >= 0.3 is 19.2 Å². The summed E-state index contributed by atoms with van der Waals surface area (Å²) in [7, 11) is 0.0774. The molecule has 2 aliphatic heterocycles. The van der Waals surface area contributed by atoms with E-state index in [-0.39, 0.29) is 25.2 Å².